The fourth-order valence-corrected chi connectivity index (χ4v) is 2.70. The molecule has 9 heteroatoms. The number of carbonyl (C=O) groups is 1. The van der Waals surface area contributed by atoms with Gasteiger partial charge in [0.25, 0.3) is 0 Å². The van der Waals surface area contributed by atoms with Gasteiger partial charge in [0.2, 0.25) is 11.1 Å². The third kappa shape index (κ3) is 4.67. The van der Waals surface area contributed by atoms with Crippen molar-refractivity contribution in [2.75, 3.05) is 16.9 Å². The Morgan fingerprint density at radius 3 is 2.35 bits per heavy atom. The molecule has 3 N–H and O–H groups in total. The molecule has 3 rings (SSSR count). The summed E-state index contributed by atoms with van der Waals surface area (Å²) >= 11 is 1.22. The van der Waals surface area contributed by atoms with Crippen LogP contribution >= 0.6 is 11.8 Å². The molecule has 8 nitrogen and oxygen atoms in total. The van der Waals surface area contributed by atoms with Gasteiger partial charge in [-0.25, -0.2) is 4.68 Å². The summed E-state index contributed by atoms with van der Waals surface area (Å²) < 4.78 is 1.35. The second-order valence-corrected chi connectivity index (χ2v) is 6.26. The number of amides is 1. The average Bonchev–Trinajstić information content (AvgIpc) is 2.99. The summed E-state index contributed by atoms with van der Waals surface area (Å²) in [5, 5.41) is 19.4. The van der Waals surface area contributed by atoms with Gasteiger partial charge in [-0.15, -0.1) is 10.2 Å². The van der Waals surface area contributed by atoms with Crippen molar-refractivity contribution in [1.29, 1.82) is 0 Å². The highest BCUT2D eigenvalue weighted by Crippen LogP contribution is 2.20. The quantitative estimate of drug-likeness (QED) is 0.394. The Labute approximate surface area is 154 Å². The van der Waals surface area contributed by atoms with Gasteiger partial charge in [-0.1, -0.05) is 30.0 Å². The van der Waals surface area contributed by atoms with Gasteiger partial charge in [0.05, 0.1) is 17.1 Å². The number of nitrogen functional groups attached to an aromatic ring is 1. The van der Waals surface area contributed by atoms with Gasteiger partial charge in [0, 0.05) is 5.69 Å². The lowest BCUT2D eigenvalue weighted by molar-refractivity contribution is -0.113. The van der Waals surface area contributed by atoms with E-state index in [4.69, 9.17) is 5.84 Å². The van der Waals surface area contributed by atoms with E-state index in [-0.39, 0.29) is 11.7 Å². The molecule has 0 aliphatic rings. The molecule has 1 heterocycles. The van der Waals surface area contributed by atoms with Crippen LogP contribution in [0.25, 0.3) is 0 Å². The second-order valence-electron chi connectivity index (χ2n) is 5.32. The first kappa shape index (κ1) is 17.6. The number of hydrogen-bond acceptors (Lipinski definition) is 7. The number of thioether (sulfide) groups is 1. The highest BCUT2D eigenvalue weighted by Gasteiger charge is 2.09. The summed E-state index contributed by atoms with van der Waals surface area (Å²) in [6, 6.07) is 16.6. The van der Waals surface area contributed by atoms with Crippen LogP contribution in [0.4, 0.5) is 17.1 Å². The van der Waals surface area contributed by atoms with Crippen molar-refractivity contribution in [2.45, 2.75) is 12.1 Å². The molecule has 3 aromatic rings. The summed E-state index contributed by atoms with van der Waals surface area (Å²) in [5.74, 6) is 6.37. The molecule has 0 spiro atoms. The molecule has 0 bridgehead atoms. The van der Waals surface area contributed by atoms with Gasteiger partial charge in [0.1, 0.15) is 5.82 Å². The lowest BCUT2D eigenvalue weighted by Gasteiger charge is -2.05. The van der Waals surface area contributed by atoms with Gasteiger partial charge in [-0.3, -0.25) is 4.79 Å². The number of hydrogen-bond donors (Lipinski definition) is 2. The topological polar surface area (TPSA) is 111 Å². The summed E-state index contributed by atoms with van der Waals surface area (Å²) in [5.41, 5.74) is 2.16. The Balaban J connectivity index is 1.53. The maximum Gasteiger partial charge on any atom is 0.234 e. The van der Waals surface area contributed by atoms with Crippen molar-refractivity contribution in [3.05, 3.63) is 60.4 Å². The highest BCUT2D eigenvalue weighted by atomic mass is 32.2. The summed E-state index contributed by atoms with van der Waals surface area (Å²) in [6.07, 6.45) is 0. The minimum Gasteiger partial charge on any atom is -0.336 e. The average molecular weight is 367 g/mol. The molecular formula is C17H17N7OS. The van der Waals surface area contributed by atoms with Crippen LogP contribution < -0.4 is 11.2 Å². The van der Waals surface area contributed by atoms with Crippen LogP contribution in [0.1, 0.15) is 5.82 Å². The fourth-order valence-electron chi connectivity index (χ4n) is 2.00. The molecular weight excluding hydrogens is 350 g/mol. The fraction of sp³-hybridized carbons (Fsp3) is 0.118. The van der Waals surface area contributed by atoms with E-state index in [2.05, 4.69) is 25.7 Å². The van der Waals surface area contributed by atoms with Crippen LogP contribution in [0.3, 0.4) is 0 Å². The largest absolute Gasteiger partial charge is 0.336 e. The first-order chi connectivity index (χ1) is 12.6. The predicted octanol–water partition coefficient (Wildman–Crippen LogP) is 3.45. The van der Waals surface area contributed by atoms with Crippen molar-refractivity contribution in [3.8, 4) is 0 Å². The van der Waals surface area contributed by atoms with E-state index in [9.17, 15) is 4.79 Å². The zero-order valence-electron chi connectivity index (χ0n) is 14.0. The van der Waals surface area contributed by atoms with E-state index in [0.717, 1.165) is 5.69 Å². The number of carbonyl (C=O) groups excluding carboxylic acids is 1. The smallest absolute Gasteiger partial charge is 0.234 e. The number of benzene rings is 2. The monoisotopic (exact) mass is 367 g/mol. The standard InChI is InChI=1S/C17H17N7OS/c1-12-20-23-17(24(12)18)26-11-16(25)19-13-7-9-15(10-8-13)22-21-14-5-3-2-4-6-14/h2-10H,11,18H2,1H3,(H,19,25). The third-order valence-corrected chi connectivity index (χ3v) is 4.30. The van der Waals surface area contributed by atoms with E-state index in [1.807, 2.05) is 30.3 Å². The minimum absolute atomic E-state index is 0.158. The highest BCUT2D eigenvalue weighted by molar-refractivity contribution is 7.99. The normalized spacial score (nSPS) is 11.0. The number of nitrogens with two attached hydrogens (primary N) is 1. The molecule has 2 aromatic carbocycles. The predicted molar refractivity (Wildman–Crippen MR) is 101 cm³/mol. The minimum atomic E-state index is -0.158. The Kier molecular flexibility index (Phi) is 5.59. The lowest BCUT2D eigenvalue weighted by atomic mass is 10.3. The molecule has 0 saturated carbocycles. The first-order valence-electron chi connectivity index (χ1n) is 7.78. The summed E-state index contributed by atoms with van der Waals surface area (Å²) in [4.78, 5) is 12.0. The SMILES string of the molecule is Cc1nnc(SCC(=O)Nc2ccc(N=Nc3ccccc3)cc2)n1N. The number of nitrogens with zero attached hydrogens (tertiary/aromatic N) is 5. The molecule has 1 aromatic heterocycles. The first-order valence-corrected chi connectivity index (χ1v) is 8.77. The van der Waals surface area contributed by atoms with Gasteiger partial charge in [-0.2, -0.15) is 10.2 Å². The molecule has 0 unspecified atom stereocenters. The van der Waals surface area contributed by atoms with Crippen LogP contribution in [0.2, 0.25) is 0 Å². The lowest BCUT2D eigenvalue weighted by Crippen LogP contribution is -2.16. The number of azo groups is 1. The van der Waals surface area contributed by atoms with Crippen LogP contribution in [-0.4, -0.2) is 26.5 Å². The Morgan fingerprint density at radius 2 is 1.73 bits per heavy atom. The van der Waals surface area contributed by atoms with E-state index < -0.39 is 0 Å². The zero-order chi connectivity index (χ0) is 18.4. The second kappa shape index (κ2) is 8.26. The molecule has 0 aliphatic heterocycles. The molecule has 132 valence electrons. The van der Waals surface area contributed by atoms with Gasteiger partial charge in [-0.05, 0) is 43.3 Å². The Hall–Kier alpha value is -3.20. The number of aromatic nitrogens is 3. The van der Waals surface area contributed by atoms with Crippen molar-refractivity contribution in [1.82, 2.24) is 14.9 Å². The third-order valence-electron chi connectivity index (χ3n) is 3.36. The van der Waals surface area contributed by atoms with E-state index >= 15 is 0 Å². The van der Waals surface area contributed by atoms with E-state index in [1.54, 1.807) is 31.2 Å². The maximum atomic E-state index is 12.0. The number of aryl methyl sites for hydroxylation is 1. The van der Waals surface area contributed by atoms with Crippen molar-refractivity contribution < 1.29 is 4.79 Å². The number of rotatable bonds is 6. The van der Waals surface area contributed by atoms with Crippen LogP contribution in [0.5, 0.6) is 0 Å². The van der Waals surface area contributed by atoms with Crippen molar-refractivity contribution in [2.24, 2.45) is 10.2 Å². The van der Waals surface area contributed by atoms with Gasteiger partial charge in [0.15, 0.2) is 0 Å². The van der Waals surface area contributed by atoms with Crippen molar-refractivity contribution in [3.63, 3.8) is 0 Å². The Morgan fingerprint density at radius 1 is 1.08 bits per heavy atom. The molecule has 26 heavy (non-hydrogen) atoms. The molecule has 0 radical (unpaired) electrons. The Bertz CT molecular complexity index is 907. The van der Waals surface area contributed by atoms with Crippen molar-refractivity contribution >= 4 is 34.7 Å². The van der Waals surface area contributed by atoms with Crippen LogP contribution in [0.15, 0.2) is 70.0 Å². The summed E-state index contributed by atoms with van der Waals surface area (Å²) in [7, 11) is 0. The maximum absolute atomic E-state index is 12.0. The molecule has 0 fully saturated rings. The molecule has 0 aliphatic carbocycles. The van der Waals surface area contributed by atoms with Gasteiger partial charge < -0.3 is 11.2 Å². The van der Waals surface area contributed by atoms with Gasteiger partial charge >= 0.3 is 0 Å². The molecule has 0 saturated heterocycles. The molecule has 0 atom stereocenters. The summed E-state index contributed by atoms with van der Waals surface area (Å²) in [6.45, 7) is 1.74. The number of anilines is 1. The zero-order valence-corrected chi connectivity index (χ0v) is 14.8. The number of nitrogens with one attached hydrogen (secondary N) is 1. The van der Waals surface area contributed by atoms with Crippen LogP contribution in [0, 0.1) is 6.92 Å². The molecule has 1 amide bonds. The van der Waals surface area contributed by atoms with E-state index in [1.165, 1.54) is 16.4 Å². The van der Waals surface area contributed by atoms with Crippen LogP contribution in [-0.2, 0) is 4.79 Å². The van der Waals surface area contributed by atoms with E-state index in [0.29, 0.717) is 22.4 Å².